The van der Waals surface area contributed by atoms with Crippen molar-refractivity contribution >= 4 is 40.5 Å². The van der Waals surface area contributed by atoms with Crippen LogP contribution in [0.3, 0.4) is 0 Å². The lowest BCUT2D eigenvalue weighted by Crippen LogP contribution is -2.60. The molecular formula is C18H23IO8. The summed E-state index contributed by atoms with van der Waals surface area (Å²) in [5, 5.41) is 0. The second-order valence-corrected chi connectivity index (χ2v) is 7.19. The second kappa shape index (κ2) is 11.3. The standard InChI is InChI=1S/C18H23IO8/c1-6-8-13(7-2)26-18-15(19)17(25-12(5)22)16(24-11(4)21)14(27-18)9-23-10(3)20/h1,7,13-18H,2,8-9H2,3-5H3/t13-,14+,15-,16+,17+,18-/m0/s1. The van der Waals surface area contributed by atoms with Crippen LogP contribution in [0.25, 0.3) is 0 Å². The van der Waals surface area contributed by atoms with Crippen molar-refractivity contribution in [2.45, 2.75) is 61.8 Å². The van der Waals surface area contributed by atoms with Crippen molar-refractivity contribution in [2.75, 3.05) is 6.61 Å². The summed E-state index contributed by atoms with van der Waals surface area (Å²) in [4.78, 5) is 34.3. The lowest BCUT2D eigenvalue weighted by molar-refractivity contribution is -0.265. The largest absolute Gasteiger partial charge is 0.463 e. The Kier molecular flexibility index (Phi) is 9.76. The molecule has 0 unspecified atom stereocenters. The zero-order chi connectivity index (χ0) is 20.6. The molecule has 27 heavy (non-hydrogen) atoms. The molecule has 0 radical (unpaired) electrons. The van der Waals surface area contributed by atoms with Gasteiger partial charge in [-0.2, -0.15) is 0 Å². The van der Waals surface area contributed by atoms with Crippen LogP contribution in [0.2, 0.25) is 0 Å². The maximum absolute atomic E-state index is 11.6. The topological polar surface area (TPSA) is 97.4 Å². The highest BCUT2D eigenvalue weighted by atomic mass is 127. The number of halogens is 1. The highest BCUT2D eigenvalue weighted by molar-refractivity contribution is 14.1. The summed E-state index contributed by atoms with van der Waals surface area (Å²) in [6, 6.07) is 0. The normalized spacial score (nSPS) is 28.3. The molecule has 1 fully saturated rings. The lowest BCUT2D eigenvalue weighted by atomic mass is 10.0. The van der Waals surface area contributed by atoms with Crippen molar-refractivity contribution < 1.29 is 38.1 Å². The molecule has 1 saturated heterocycles. The summed E-state index contributed by atoms with van der Waals surface area (Å²) in [6.45, 7) is 7.16. The number of hydrogen-bond acceptors (Lipinski definition) is 8. The van der Waals surface area contributed by atoms with Gasteiger partial charge in [-0.3, -0.25) is 14.4 Å². The van der Waals surface area contributed by atoms with Crippen LogP contribution < -0.4 is 0 Å². The Balaban J connectivity index is 3.12. The number of carbonyl (C=O) groups excluding carboxylic acids is 3. The molecule has 9 heteroatoms. The van der Waals surface area contributed by atoms with Gasteiger partial charge in [-0.1, -0.05) is 28.7 Å². The van der Waals surface area contributed by atoms with Crippen molar-refractivity contribution in [2.24, 2.45) is 0 Å². The fourth-order valence-electron chi connectivity index (χ4n) is 2.45. The predicted molar refractivity (Wildman–Crippen MR) is 103 cm³/mol. The molecule has 1 aliphatic heterocycles. The molecule has 0 spiro atoms. The van der Waals surface area contributed by atoms with Crippen LogP contribution in [0.5, 0.6) is 0 Å². The number of rotatable bonds is 8. The van der Waals surface area contributed by atoms with Crippen LogP contribution in [-0.2, 0) is 38.1 Å². The minimum Gasteiger partial charge on any atom is -0.463 e. The van der Waals surface area contributed by atoms with Crippen LogP contribution in [0.15, 0.2) is 12.7 Å². The third-order valence-corrected chi connectivity index (χ3v) is 4.81. The van der Waals surface area contributed by atoms with Crippen molar-refractivity contribution in [1.29, 1.82) is 0 Å². The van der Waals surface area contributed by atoms with Crippen molar-refractivity contribution in [3.05, 3.63) is 12.7 Å². The number of terminal acetylenes is 1. The molecule has 1 heterocycles. The minimum atomic E-state index is -0.970. The monoisotopic (exact) mass is 494 g/mol. The van der Waals surface area contributed by atoms with Gasteiger partial charge in [-0.25, -0.2) is 0 Å². The molecule has 0 aromatic rings. The van der Waals surface area contributed by atoms with Gasteiger partial charge in [0.2, 0.25) is 0 Å². The number of hydrogen-bond donors (Lipinski definition) is 0. The van der Waals surface area contributed by atoms with E-state index in [0.29, 0.717) is 0 Å². The molecule has 1 rings (SSSR count). The van der Waals surface area contributed by atoms with Crippen LogP contribution in [-0.4, -0.2) is 59.1 Å². The smallest absolute Gasteiger partial charge is 0.303 e. The number of alkyl halides is 1. The molecule has 0 aromatic heterocycles. The summed E-state index contributed by atoms with van der Waals surface area (Å²) in [6.07, 6.45) is 3.03. The molecule has 0 bridgehead atoms. The Labute approximate surface area is 172 Å². The van der Waals surface area contributed by atoms with E-state index >= 15 is 0 Å². The molecule has 6 atom stereocenters. The first-order valence-electron chi connectivity index (χ1n) is 8.18. The van der Waals surface area contributed by atoms with E-state index in [1.54, 1.807) is 0 Å². The zero-order valence-electron chi connectivity index (χ0n) is 15.4. The fraction of sp³-hybridized carbons (Fsp3) is 0.611. The van der Waals surface area contributed by atoms with Gasteiger partial charge in [0.25, 0.3) is 0 Å². The van der Waals surface area contributed by atoms with E-state index in [4.69, 9.17) is 30.1 Å². The predicted octanol–water partition coefficient (Wildman–Crippen LogP) is 1.54. The minimum absolute atomic E-state index is 0.206. The van der Waals surface area contributed by atoms with Gasteiger partial charge in [-0.15, -0.1) is 18.9 Å². The van der Waals surface area contributed by atoms with E-state index in [2.05, 4.69) is 12.5 Å². The van der Waals surface area contributed by atoms with Gasteiger partial charge < -0.3 is 23.7 Å². The van der Waals surface area contributed by atoms with E-state index < -0.39 is 52.5 Å². The van der Waals surface area contributed by atoms with Crippen LogP contribution in [0.4, 0.5) is 0 Å². The van der Waals surface area contributed by atoms with E-state index in [-0.39, 0.29) is 13.0 Å². The zero-order valence-corrected chi connectivity index (χ0v) is 17.5. The Hall–Kier alpha value is -1.64. The van der Waals surface area contributed by atoms with Crippen molar-refractivity contribution in [3.63, 3.8) is 0 Å². The highest BCUT2D eigenvalue weighted by Crippen LogP contribution is 2.33. The molecule has 0 saturated carbocycles. The quantitative estimate of drug-likeness (QED) is 0.125. The summed E-state index contributed by atoms with van der Waals surface area (Å²) < 4.78 is 26.8. The Morgan fingerprint density at radius 2 is 1.78 bits per heavy atom. The summed E-state index contributed by atoms with van der Waals surface area (Å²) in [5.41, 5.74) is 0. The van der Waals surface area contributed by atoms with Crippen molar-refractivity contribution in [3.8, 4) is 12.3 Å². The first-order chi connectivity index (χ1) is 12.7. The molecule has 0 aliphatic carbocycles. The maximum atomic E-state index is 11.6. The summed E-state index contributed by atoms with van der Waals surface area (Å²) in [5.74, 6) is 0.791. The molecule has 150 valence electrons. The van der Waals surface area contributed by atoms with Crippen molar-refractivity contribution in [1.82, 2.24) is 0 Å². The Morgan fingerprint density at radius 1 is 1.19 bits per heavy atom. The molecular weight excluding hydrogens is 471 g/mol. The number of ether oxygens (including phenoxy) is 5. The van der Waals surface area contributed by atoms with Gasteiger partial charge in [-0.05, 0) is 0 Å². The number of carbonyl (C=O) groups is 3. The lowest BCUT2D eigenvalue weighted by Gasteiger charge is -2.43. The van der Waals surface area contributed by atoms with E-state index in [0.717, 1.165) is 0 Å². The molecule has 0 aromatic carbocycles. The van der Waals surface area contributed by atoms with Crippen LogP contribution >= 0.6 is 22.6 Å². The molecule has 0 amide bonds. The van der Waals surface area contributed by atoms with Gasteiger partial charge in [0, 0.05) is 27.2 Å². The van der Waals surface area contributed by atoms with Crippen LogP contribution in [0.1, 0.15) is 27.2 Å². The molecule has 8 nitrogen and oxygen atoms in total. The fourth-order valence-corrected chi connectivity index (χ4v) is 3.34. The Bertz CT molecular complexity index is 599. The van der Waals surface area contributed by atoms with E-state index in [1.807, 2.05) is 22.6 Å². The summed E-state index contributed by atoms with van der Waals surface area (Å²) >= 11 is 1.99. The maximum Gasteiger partial charge on any atom is 0.303 e. The van der Waals surface area contributed by atoms with Gasteiger partial charge in [0.1, 0.15) is 16.6 Å². The highest BCUT2D eigenvalue weighted by Gasteiger charge is 2.50. The first-order valence-corrected chi connectivity index (χ1v) is 9.43. The van der Waals surface area contributed by atoms with E-state index in [9.17, 15) is 14.4 Å². The van der Waals surface area contributed by atoms with Crippen LogP contribution in [0, 0.1) is 12.3 Å². The first kappa shape index (κ1) is 23.4. The van der Waals surface area contributed by atoms with Gasteiger partial charge in [0.05, 0.1) is 6.10 Å². The van der Waals surface area contributed by atoms with Gasteiger partial charge >= 0.3 is 17.9 Å². The molecule has 0 N–H and O–H groups in total. The SMILES string of the molecule is C#CC[C@H](C=C)O[C@H]1O[C@H](COC(C)=O)[C@@H](OC(C)=O)[C@H](OC(C)=O)[C@@H]1I. The van der Waals surface area contributed by atoms with E-state index in [1.165, 1.54) is 26.8 Å². The Morgan fingerprint density at radius 3 is 2.26 bits per heavy atom. The third-order valence-electron chi connectivity index (χ3n) is 3.52. The average molecular weight is 494 g/mol. The third kappa shape index (κ3) is 7.48. The number of esters is 3. The summed E-state index contributed by atoms with van der Waals surface area (Å²) in [7, 11) is 0. The molecule has 1 aliphatic rings. The average Bonchev–Trinajstić information content (AvgIpc) is 2.57. The van der Waals surface area contributed by atoms with Gasteiger partial charge in [0.15, 0.2) is 18.5 Å². The second-order valence-electron chi connectivity index (χ2n) is 5.76.